The molecule has 156 valence electrons. The van der Waals surface area contributed by atoms with Crippen LogP contribution in [0, 0.1) is 5.41 Å². The molecule has 1 aromatic heterocycles. The number of aromatic nitrogens is 4. The van der Waals surface area contributed by atoms with Crippen LogP contribution in [0.2, 0.25) is 0 Å². The van der Waals surface area contributed by atoms with Crippen molar-refractivity contribution in [3.63, 3.8) is 0 Å². The van der Waals surface area contributed by atoms with Crippen molar-refractivity contribution in [2.45, 2.75) is 52.0 Å². The number of piperidine rings is 1. The van der Waals surface area contributed by atoms with Gasteiger partial charge in [-0.3, -0.25) is 9.59 Å². The van der Waals surface area contributed by atoms with Gasteiger partial charge in [0.15, 0.2) is 0 Å². The van der Waals surface area contributed by atoms with Crippen molar-refractivity contribution in [2.75, 3.05) is 19.7 Å². The second-order valence-corrected chi connectivity index (χ2v) is 7.58. The van der Waals surface area contributed by atoms with Gasteiger partial charge in [0.25, 0.3) is 0 Å². The van der Waals surface area contributed by atoms with E-state index in [1.165, 1.54) is 11.9 Å². The molecule has 8 heteroatoms. The van der Waals surface area contributed by atoms with Crippen molar-refractivity contribution in [3.8, 4) is 0 Å². The molecule has 2 heterocycles. The summed E-state index contributed by atoms with van der Waals surface area (Å²) in [4.78, 5) is 27.4. The number of benzene rings is 1. The molecule has 0 aliphatic carbocycles. The van der Waals surface area contributed by atoms with Crippen LogP contribution < -0.4 is 0 Å². The Bertz CT molecular complexity index is 781. The number of aryl methyl sites for hydroxylation is 2. The van der Waals surface area contributed by atoms with E-state index in [2.05, 4.69) is 27.7 Å². The Hall–Kier alpha value is -2.77. The van der Waals surface area contributed by atoms with Gasteiger partial charge in [-0.1, -0.05) is 30.3 Å². The van der Waals surface area contributed by atoms with E-state index < -0.39 is 5.41 Å². The van der Waals surface area contributed by atoms with E-state index in [0.29, 0.717) is 32.7 Å². The van der Waals surface area contributed by atoms with Crippen molar-refractivity contribution >= 4 is 11.9 Å². The van der Waals surface area contributed by atoms with Gasteiger partial charge in [-0.15, -0.1) is 5.10 Å². The molecule has 0 N–H and O–H groups in total. The van der Waals surface area contributed by atoms with E-state index in [1.807, 2.05) is 30.0 Å². The highest BCUT2D eigenvalue weighted by Gasteiger charge is 2.44. The van der Waals surface area contributed by atoms with Crippen LogP contribution in [0.1, 0.15) is 44.6 Å². The lowest BCUT2D eigenvalue weighted by molar-refractivity contribution is -0.161. The molecule has 1 saturated heterocycles. The first-order valence-corrected chi connectivity index (χ1v) is 10.3. The summed E-state index contributed by atoms with van der Waals surface area (Å²) in [5, 5.41) is 11.0. The predicted molar refractivity (Wildman–Crippen MR) is 107 cm³/mol. The van der Waals surface area contributed by atoms with Crippen LogP contribution in [0.4, 0.5) is 0 Å². The highest BCUT2D eigenvalue weighted by molar-refractivity contribution is 5.80. The number of carbonyl (C=O) groups excluding carboxylic acids is 2. The highest BCUT2D eigenvalue weighted by Crippen LogP contribution is 2.37. The topological polar surface area (TPSA) is 90.2 Å². The fraction of sp³-hybridized carbons (Fsp3) is 0.571. The third-order valence-corrected chi connectivity index (χ3v) is 5.55. The zero-order chi connectivity index (χ0) is 20.5. The third kappa shape index (κ3) is 5.62. The number of likely N-dealkylation sites (tertiary alicyclic amines) is 1. The largest absolute Gasteiger partial charge is 0.466 e. The molecule has 2 aromatic rings. The second-order valence-electron chi connectivity index (χ2n) is 7.58. The summed E-state index contributed by atoms with van der Waals surface area (Å²) in [7, 11) is 0. The van der Waals surface area contributed by atoms with E-state index >= 15 is 0 Å². The van der Waals surface area contributed by atoms with Gasteiger partial charge >= 0.3 is 5.97 Å². The van der Waals surface area contributed by atoms with Gasteiger partial charge in [0.05, 0.1) is 18.6 Å². The fourth-order valence-electron chi connectivity index (χ4n) is 4.03. The monoisotopic (exact) mass is 399 g/mol. The van der Waals surface area contributed by atoms with Crippen LogP contribution in [0.15, 0.2) is 36.7 Å². The van der Waals surface area contributed by atoms with Crippen molar-refractivity contribution in [1.29, 1.82) is 0 Å². The van der Waals surface area contributed by atoms with E-state index in [0.717, 1.165) is 32.1 Å². The van der Waals surface area contributed by atoms with Gasteiger partial charge < -0.3 is 9.64 Å². The molecule has 0 saturated carbocycles. The molecule has 3 rings (SSSR count). The van der Waals surface area contributed by atoms with Gasteiger partial charge in [-0.25, -0.2) is 4.68 Å². The molecule has 1 aliphatic heterocycles. The van der Waals surface area contributed by atoms with Crippen molar-refractivity contribution < 1.29 is 14.3 Å². The Morgan fingerprint density at radius 3 is 2.79 bits per heavy atom. The van der Waals surface area contributed by atoms with Crippen LogP contribution in [-0.4, -0.2) is 56.7 Å². The quantitative estimate of drug-likeness (QED) is 0.601. The number of hydrogen-bond donors (Lipinski definition) is 0. The first-order chi connectivity index (χ1) is 14.1. The predicted octanol–water partition coefficient (Wildman–Crippen LogP) is 2.26. The number of hydrogen-bond acceptors (Lipinski definition) is 6. The molecule has 0 spiro atoms. The van der Waals surface area contributed by atoms with Gasteiger partial charge in [-0.05, 0) is 55.0 Å². The summed E-state index contributed by atoms with van der Waals surface area (Å²) in [5.41, 5.74) is 0.643. The molecule has 1 atom stereocenters. The number of rotatable bonds is 9. The molecule has 0 bridgehead atoms. The molecular formula is C21H29N5O3. The maximum absolute atomic E-state index is 12.9. The molecule has 0 unspecified atom stereocenters. The highest BCUT2D eigenvalue weighted by atomic mass is 16.5. The maximum atomic E-state index is 12.9. The molecule has 0 radical (unpaired) electrons. The van der Waals surface area contributed by atoms with Crippen molar-refractivity contribution in [3.05, 3.63) is 42.2 Å². The lowest BCUT2D eigenvalue weighted by Crippen LogP contribution is -2.50. The normalized spacial score (nSPS) is 19.1. The summed E-state index contributed by atoms with van der Waals surface area (Å²) in [6.45, 7) is 3.71. The summed E-state index contributed by atoms with van der Waals surface area (Å²) in [6, 6.07) is 10.3. The van der Waals surface area contributed by atoms with Crippen LogP contribution in [0.25, 0.3) is 0 Å². The molecule has 29 heavy (non-hydrogen) atoms. The smallest absolute Gasteiger partial charge is 0.313 e. The first-order valence-electron chi connectivity index (χ1n) is 10.3. The summed E-state index contributed by atoms with van der Waals surface area (Å²) in [5.74, 6) is -0.150. The second kappa shape index (κ2) is 10.1. The zero-order valence-corrected chi connectivity index (χ0v) is 17.0. The number of nitrogens with zero attached hydrogens (tertiary/aromatic N) is 5. The van der Waals surface area contributed by atoms with Gasteiger partial charge in [0.1, 0.15) is 6.33 Å². The minimum absolute atomic E-state index is 0.0249. The Morgan fingerprint density at radius 2 is 2.07 bits per heavy atom. The maximum Gasteiger partial charge on any atom is 0.313 e. The molecule has 1 fully saturated rings. The molecule has 8 nitrogen and oxygen atoms in total. The lowest BCUT2D eigenvalue weighted by Gasteiger charge is -2.41. The average molecular weight is 399 g/mol. The molecule has 1 amide bonds. The molecular weight excluding hydrogens is 370 g/mol. The van der Waals surface area contributed by atoms with E-state index in [-0.39, 0.29) is 11.9 Å². The van der Waals surface area contributed by atoms with Gasteiger partial charge in [0.2, 0.25) is 5.91 Å². The minimum atomic E-state index is -0.618. The Labute approximate surface area is 171 Å². The van der Waals surface area contributed by atoms with E-state index in [4.69, 9.17) is 4.74 Å². The Balaban J connectivity index is 1.62. The van der Waals surface area contributed by atoms with Gasteiger partial charge in [-0.2, -0.15) is 0 Å². The third-order valence-electron chi connectivity index (χ3n) is 5.55. The van der Waals surface area contributed by atoms with Crippen LogP contribution >= 0.6 is 0 Å². The number of esters is 1. The van der Waals surface area contributed by atoms with E-state index in [9.17, 15) is 9.59 Å². The fourth-order valence-corrected chi connectivity index (χ4v) is 4.03. The summed E-state index contributed by atoms with van der Waals surface area (Å²) < 4.78 is 6.97. The Kier molecular flexibility index (Phi) is 7.32. The van der Waals surface area contributed by atoms with E-state index in [1.54, 1.807) is 4.68 Å². The standard InChI is InChI=1S/C21H29N5O3/c1-2-29-20(28)21(12-6-10-18-8-4-3-5-9-18)13-7-14-25(16-21)19(27)11-15-26-17-22-23-24-26/h3-5,8-9,17H,2,6-7,10-16H2,1H3/t21-/m1/s1. The van der Waals surface area contributed by atoms with Gasteiger partial charge in [0, 0.05) is 19.5 Å². The number of tetrazole rings is 1. The number of carbonyl (C=O) groups is 2. The van der Waals surface area contributed by atoms with Crippen molar-refractivity contribution in [2.24, 2.45) is 5.41 Å². The lowest BCUT2D eigenvalue weighted by atomic mass is 9.75. The molecule has 1 aliphatic rings. The first kappa shape index (κ1) is 21.0. The van der Waals surface area contributed by atoms with Crippen LogP contribution in [-0.2, 0) is 27.3 Å². The average Bonchev–Trinajstić information content (AvgIpc) is 3.27. The van der Waals surface area contributed by atoms with Crippen molar-refractivity contribution in [1.82, 2.24) is 25.1 Å². The number of amides is 1. The number of ether oxygens (including phenoxy) is 1. The molecule has 1 aromatic carbocycles. The summed E-state index contributed by atoms with van der Waals surface area (Å²) >= 11 is 0. The Morgan fingerprint density at radius 1 is 1.24 bits per heavy atom. The minimum Gasteiger partial charge on any atom is -0.466 e. The van der Waals surface area contributed by atoms with Crippen LogP contribution in [0.5, 0.6) is 0 Å². The zero-order valence-electron chi connectivity index (χ0n) is 17.0. The van der Waals surface area contributed by atoms with Crippen LogP contribution in [0.3, 0.4) is 0 Å². The summed E-state index contributed by atoms with van der Waals surface area (Å²) in [6.07, 6.45) is 5.89. The SMILES string of the molecule is CCOC(=O)[C@]1(CCCc2ccccc2)CCCN(C(=O)CCn2cnnn2)C1.